The van der Waals surface area contributed by atoms with Crippen LogP contribution in [0.4, 0.5) is 22.0 Å². The monoisotopic (exact) mass is 682 g/mol. The van der Waals surface area contributed by atoms with Crippen molar-refractivity contribution in [1.29, 1.82) is 0 Å². The van der Waals surface area contributed by atoms with Crippen molar-refractivity contribution in [3.05, 3.63) is 41.5 Å². The Morgan fingerprint density at radius 2 is 1.65 bits per heavy atom. The minimum Gasteiger partial charge on any atom is -0.492 e. The minimum absolute atomic E-state index is 0.0375. The fraction of sp³-hybridized carbons (Fsp3) is 0.576. The molecule has 2 fully saturated rings. The molecule has 1 saturated carbocycles. The van der Waals surface area contributed by atoms with Crippen LogP contribution in [0.5, 0.6) is 28.7 Å². The molecule has 7 rings (SSSR count). The van der Waals surface area contributed by atoms with Crippen molar-refractivity contribution in [3.8, 4) is 28.7 Å². The van der Waals surface area contributed by atoms with Gasteiger partial charge in [0.05, 0.1) is 12.1 Å². The average Bonchev–Trinajstić information content (AvgIpc) is 3.53. The molecule has 2 N–H and O–H groups in total. The topological polar surface area (TPSA) is 116 Å². The maximum Gasteiger partial charge on any atom is 0.586 e. The van der Waals surface area contributed by atoms with E-state index in [0.29, 0.717) is 69.2 Å². The number of hydrogen-bond donors (Lipinski definition) is 2. The first-order valence-corrected chi connectivity index (χ1v) is 16.1. The van der Waals surface area contributed by atoms with Gasteiger partial charge in [0.1, 0.15) is 35.4 Å². The third-order valence-corrected chi connectivity index (χ3v) is 10.2. The summed E-state index contributed by atoms with van der Waals surface area (Å²) < 4.78 is 91.9. The van der Waals surface area contributed by atoms with E-state index in [1.807, 2.05) is 4.90 Å². The van der Waals surface area contributed by atoms with Crippen molar-refractivity contribution >= 4 is 11.8 Å². The number of halogens is 5. The largest absolute Gasteiger partial charge is 0.586 e. The summed E-state index contributed by atoms with van der Waals surface area (Å²) in [5.74, 6) is -1.19. The van der Waals surface area contributed by atoms with E-state index in [0.717, 1.165) is 12.1 Å². The third-order valence-electron chi connectivity index (χ3n) is 10.2. The Morgan fingerprint density at radius 3 is 2.33 bits per heavy atom. The number of amides is 2. The Labute approximate surface area is 272 Å². The number of aliphatic hydroxyl groups is 1. The molecule has 2 aromatic rings. The number of hydrogen-bond acceptors (Lipinski definition) is 8. The van der Waals surface area contributed by atoms with Gasteiger partial charge in [0.2, 0.25) is 11.8 Å². The first-order valence-electron chi connectivity index (χ1n) is 16.1. The van der Waals surface area contributed by atoms with Crippen molar-refractivity contribution in [2.24, 2.45) is 11.8 Å². The molecule has 2 aromatic carbocycles. The molecule has 260 valence electrons. The van der Waals surface area contributed by atoms with Crippen molar-refractivity contribution in [2.45, 2.75) is 88.2 Å². The Bertz CT molecular complexity index is 1590. The van der Waals surface area contributed by atoms with Crippen LogP contribution in [-0.2, 0) is 15.0 Å². The van der Waals surface area contributed by atoms with Gasteiger partial charge in [-0.2, -0.15) is 0 Å². The molecule has 4 aliphatic heterocycles. The predicted molar refractivity (Wildman–Crippen MR) is 156 cm³/mol. The fourth-order valence-corrected chi connectivity index (χ4v) is 7.51. The first-order chi connectivity index (χ1) is 22.7. The van der Waals surface area contributed by atoms with Crippen molar-refractivity contribution in [1.82, 2.24) is 10.2 Å². The van der Waals surface area contributed by atoms with Crippen LogP contribution in [0, 0.1) is 11.8 Å². The molecule has 0 aromatic heterocycles. The summed E-state index contributed by atoms with van der Waals surface area (Å²) in [6.07, 6.45) is -5.71. The van der Waals surface area contributed by atoms with Crippen LogP contribution in [-0.4, -0.2) is 66.4 Å². The molecule has 1 saturated heterocycles. The molecule has 3 atom stereocenters. The Morgan fingerprint density at radius 1 is 0.958 bits per heavy atom. The molecule has 10 nitrogen and oxygen atoms in total. The molecular formula is C33H35F5N2O8. The van der Waals surface area contributed by atoms with Crippen LogP contribution in [0.15, 0.2) is 30.3 Å². The first kappa shape index (κ1) is 32.5. The maximum atomic E-state index is 14.0. The zero-order valence-corrected chi connectivity index (χ0v) is 26.0. The highest BCUT2D eigenvalue weighted by molar-refractivity contribution is 5.90. The smallest absolute Gasteiger partial charge is 0.492 e. The van der Waals surface area contributed by atoms with Crippen molar-refractivity contribution in [2.75, 3.05) is 19.7 Å². The number of nitrogens with zero attached hydrogens (tertiary/aromatic N) is 1. The minimum atomic E-state index is -4.92. The second kappa shape index (κ2) is 11.8. The zero-order chi connectivity index (χ0) is 34.0. The van der Waals surface area contributed by atoms with E-state index in [4.69, 9.17) is 9.47 Å². The van der Waals surface area contributed by atoms with Gasteiger partial charge >= 0.3 is 12.7 Å². The zero-order valence-electron chi connectivity index (χ0n) is 26.0. The molecule has 15 heteroatoms. The number of fused-ring (bicyclic) bond motifs is 3. The molecule has 2 amide bonds. The van der Waals surface area contributed by atoms with E-state index in [1.165, 1.54) is 18.2 Å². The van der Waals surface area contributed by atoms with Gasteiger partial charge in [0.25, 0.3) is 0 Å². The summed E-state index contributed by atoms with van der Waals surface area (Å²) in [6, 6.07) is 5.61. The standard InChI is InChI=1S/C33H35F5N2O8/c1-31(16-44-26-15-28-27(13-22(26)31)47-33(37,38)48-28)30(43)39-23-14-24(45-25-12-20(6-7-21(23)25)46-32(34,35)36)17-2-4-18(5-3-17)29(42)40-10-8-19(41)9-11-40/h6-7,12-13,15,17-19,23-24,41H,2-5,8-11,14,16H2,1H3,(H,39,43)/t17?,18?,23-,24-,31+/m1/s1. The summed E-state index contributed by atoms with van der Waals surface area (Å²) >= 11 is 0. The summed E-state index contributed by atoms with van der Waals surface area (Å²) in [4.78, 5) is 29.0. The number of benzene rings is 2. The van der Waals surface area contributed by atoms with E-state index < -0.39 is 41.9 Å². The second-order valence-corrected chi connectivity index (χ2v) is 13.4. The second-order valence-electron chi connectivity index (χ2n) is 13.4. The lowest BCUT2D eigenvalue weighted by Crippen LogP contribution is -2.48. The number of nitrogens with one attached hydrogen (secondary N) is 1. The number of aliphatic hydroxyl groups excluding tert-OH is 1. The molecule has 4 heterocycles. The number of carbonyl (C=O) groups excluding carboxylic acids is 2. The van der Waals surface area contributed by atoms with E-state index in [9.17, 15) is 36.6 Å². The number of ether oxygens (including phenoxy) is 5. The van der Waals surface area contributed by atoms with Gasteiger partial charge in [-0.25, -0.2) is 0 Å². The SMILES string of the molecule is C[C@]1(C(=O)N[C@@H]2C[C@H](C3CCC(C(=O)N4CCC(O)CC4)CC3)Oc3cc(OC(F)(F)F)ccc32)COc2cc3c(cc21)OC(F)(F)O3. The van der Waals surface area contributed by atoms with Crippen LogP contribution < -0.4 is 29.0 Å². The molecule has 5 aliphatic rings. The van der Waals surface area contributed by atoms with Crippen molar-refractivity contribution in [3.63, 3.8) is 0 Å². The van der Waals surface area contributed by atoms with E-state index >= 15 is 0 Å². The number of alkyl halides is 5. The normalized spacial score (nSPS) is 29.3. The quantitative estimate of drug-likeness (QED) is 0.406. The predicted octanol–water partition coefficient (Wildman–Crippen LogP) is 5.36. The molecule has 0 radical (unpaired) electrons. The van der Waals surface area contributed by atoms with Gasteiger partial charge < -0.3 is 39.0 Å². The van der Waals surface area contributed by atoms with Gasteiger partial charge in [-0.1, -0.05) is 0 Å². The van der Waals surface area contributed by atoms with E-state index in [1.54, 1.807) is 6.92 Å². The molecular weight excluding hydrogens is 647 g/mol. The van der Waals surface area contributed by atoms with Gasteiger partial charge in [-0.15, -0.1) is 22.0 Å². The molecule has 0 bridgehead atoms. The Kier molecular flexibility index (Phi) is 8.03. The number of piperidine rings is 1. The Hall–Kier alpha value is -4.01. The third kappa shape index (κ3) is 6.28. The lowest BCUT2D eigenvalue weighted by Gasteiger charge is -2.41. The van der Waals surface area contributed by atoms with Crippen LogP contribution >= 0.6 is 0 Å². The fourth-order valence-electron chi connectivity index (χ4n) is 7.51. The average molecular weight is 683 g/mol. The molecule has 0 unspecified atom stereocenters. The lowest BCUT2D eigenvalue weighted by molar-refractivity contribution is -0.286. The van der Waals surface area contributed by atoms with Gasteiger partial charge in [-0.05, 0) is 69.6 Å². The van der Waals surface area contributed by atoms with Gasteiger partial charge in [0.15, 0.2) is 11.5 Å². The molecule has 0 spiro atoms. The van der Waals surface area contributed by atoms with E-state index in [-0.39, 0.29) is 53.5 Å². The van der Waals surface area contributed by atoms with Gasteiger partial charge in [0, 0.05) is 48.7 Å². The van der Waals surface area contributed by atoms with Crippen LogP contribution in [0.2, 0.25) is 0 Å². The number of likely N-dealkylation sites (tertiary alicyclic amines) is 1. The molecule has 1 aliphatic carbocycles. The lowest BCUT2D eigenvalue weighted by atomic mass is 9.76. The highest BCUT2D eigenvalue weighted by Gasteiger charge is 2.50. The van der Waals surface area contributed by atoms with E-state index in [2.05, 4.69) is 19.5 Å². The van der Waals surface area contributed by atoms with Crippen LogP contribution in [0.1, 0.15) is 69.0 Å². The highest BCUT2D eigenvalue weighted by Crippen LogP contribution is 2.50. The summed E-state index contributed by atoms with van der Waals surface area (Å²) in [5, 5.41) is 12.8. The highest BCUT2D eigenvalue weighted by atomic mass is 19.4. The number of rotatable bonds is 5. The Balaban J connectivity index is 1.09. The maximum absolute atomic E-state index is 14.0. The number of carbonyl (C=O) groups is 2. The summed E-state index contributed by atoms with van der Waals surface area (Å²) in [7, 11) is 0. The summed E-state index contributed by atoms with van der Waals surface area (Å²) in [5.41, 5.74) is -0.538. The van der Waals surface area contributed by atoms with Gasteiger partial charge in [-0.3, -0.25) is 9.59 Å². The van der Waals surface area contributed by atoms with Crippen LogP contribution in [0.25, 0.3) is 0 Å². The van der Waals surface area contributed by atoms with Crippen molar-refractivity contribution < 1.29 is 60.3 Å². The van der Waals surface area contributed by atoms with Crippen LogP contribution in [0.3, 0.4) is 0 Å². The molecule has 48 heavy (non-hydrogen) atoms. The summed E-state index contributed by atoms with van der Waals surface area (Å²) in [6.45, 7) is 2.56.